The molecule has 0 heterocycles. The van der Waals surface area contributed by atoms with Crippen LogP contribution in [-0.2, 0) is 0 Å². The van der Waals surface area contributed by atoms with Crippen LogP contribution < -0.4 is 5.32 Å². The average Bonchev–Trinajstić information content (AvgIpc) is 1.99. The van der Waals surface area contributed by atoms with Gasteiger partial charge in [-0.3, -0.25) is 0 Å². The van der Waals surface area contributed by atoms with Crippen LogP contribution in [-0.4, -0.2) is 24.6 Å². The molecule has 0 aromatic carbocycles. The Labute approximate surface area is 59.3 Å². The molecule has 0 aliphatic rings. The van der Waals surface area contributed by atoms with Gasteiger partial charge in [-0.15, -0.1) is 4.91 Å². The Balaban J connectivity index is 3.80. The zero-order chi connectivity index (χ0) is 7.98. The van der Waals surface area contributed by atoms with Crippen molar-refractivity contribution in [2.75, 3.05) is 13.6 Å². The Kier molecular flexibility index (Phi) is 4.19. The number of nitrogens with one attached hydrogen (secondary N) is 1. The quantitative estimate of drug-likeness (QED) is 0.469. The van der Waals surface area contributed by atoms with Gasteiger partial charge in [0.1, 0.15) is 0 Å². The van der Waals surface area contributed by atoms with Crippen LogP contribution in [0.4, 0.5) is 4.79 Å². The minimum atomic E-state index is -0.461. The SMILES string of the molecule is CCCN(N=O)C(=O)NC. The van der Waals surface area contributed by atoms with Crippen molar-refractivity contribution in [3.8, 4) is 0 Å². The second kappa shape index (κ2) is 4.72. The van der Waals surface area contributed by atoms with Crippen molar-refractivity contribution >= 4 is 6.03 Å². The topological polar surface area (TPSA) is 61.8 Å². The van der Waals surface area contributed by atoms with E-state index in [2.05, 4.69) is 10.6 Å². The van der Waals surface area contributed by atoms with Crippen molar-refractivity contribution in [1.29, 1.82) is 0 Å². The van der Waals surface area contributed by atoms with Crippen molar-refractivity contribution in [1.82, 2.24) is 10.3 Å². The van der Waals surface area contributed by atoms with Gasteiger partial charge in [0.15, 0.2) is 0 Å². The first-order valence-electron chi connectivity index (χ1n) is 3.08. The molecular weight excluding hydrogens is 134 g/mol. The number of carbonyl (C=O) groups is 1. The molecule has 0 bridgehead atoms. The maximum atomic E-state index is 10.7. The largest absolute Gasteiger partial charge is 0.340 e. The summed E-state index contributed by atoms with van der Waals surface area (Å²) in [5.41, 5.74) is 0. The number of nitroso groups, excluding NO2 is 1. The normalized spacial score (nSPS) is 8.60. The third-order valence-corrected chi connectivity index (χ3v) is 0.982. The van der Waals surface area contributed by atoms with Crippen molar-refractivity contribution in [3.63, 3.8) is 0 Å². The molecule has 0 fully saturated rings. The van der Waals surface area contributed by atoms with E-state index in [9.17, 15) is 9.70 Å². The van der Waals surface area contributed by atoms with Gasteiger partial charge in [-0.1, -0.05) is 6.92 Å². The third-order valence-electron chi connectivity index (χ3n) is 0.982. The number of hydrogen-bond acceptors (Lipinski definition) is 3. The lowest BCUT2D eigenvalue weighted by atomic mass is 10.5. The Bertz CT molecular complexity index is 126. The number of urea groups is 1. The van der Waals surface area contributed by atoms with Gasteiger partial charge in [0.25, 0.3) is 0 Å². The molecule has 0 aromatic rings. The van der Waals surface area contributed by atoms with Crippen molar-refractivity contribution in [2.24, 2.45) is 5.29 Å². The molecule has 0 unspecified atom stereocenters. The van der Waals surface area contributed by atoms with E-state index >= 15 is 0 Å². The zero-order valence-electron chi connectivity index (χ0n) is 6.13. The first kappa shape index (κ1) is 8.87. The number of nitrogens with zero attached hydrogens (tertiary/aromatic N) is 2. The summed E-state index contributed by atoms with van der Waals surface area (Å²) in [5.74, 6) is 0. The molecule has 0 rings (SSSR count). The van der Waals surface area contributed by atoms with Crippen LogP contribution in [0, 0.1) is 4.91 Å². The summed E-state index contributed by atoms with van der Waals surface area (Å²) in [5, 5.41) is 5.66. The number of amides is 2. The van der Waals surface area contributed by atoms with E-state index in [1.165, 1.54) is 7.05 Å². The summed E-state index contributed by atoms with van der Waals surface area (Å²) < 4.78 is 0. The first-order valence-corrected chi connectivity index (χ1v) is 3.08. The molecule has 0 radical (unpaired) electrons. The van der Waals surface area contributed by atoms with Gasteiger partial charge >= 0.3 is 6.03 Å². The molecule has 0 aliphatic heterocycles. The minimum Gasteiger partial charge on any atom is -0.339 e. The molecule has 0 atom stereocenters. The van der Waals surface area contributed by atoms with Crippen LogP contribution in [0.15, 0.2) is 5.29 Å². The van der Waals surface area contributed by atoms with E-state index < -0.39 is 6.03 Å². The predicted octanol–water partition coefficient (Wildman–Crippen LogP) is 0.719. The molecular formula is C5H11N3O2. The van der Waals surface area contributed by atoms with Crippen LogP contribution in [0.5, 0.6) is 0 Å². The highest BCUT2D eigenvalue weighted by molar-refractivity contribution is 5.73. The molecule has 0 saturated carbocycles. The van der Waals surface area contributed by atoms with E-state index in [0.717, 1.165) is 11.4 Å². The molecule has 5 heteroatoms. The zero-order valence-corrected chi connectivity index (χ0v) is 6.13. The number of hydrogen-bond donors (Lipinski definition) is 1. The lowest BCUT2D eigenvalue weighted by Gasteiger charge is -2.09. The fraction of sp³-hybridized carbons (Fsp3) is 0.800. The molecule has 0 spiro atoms. The Morgan fingerprint density at radius 3 is 2.60 bits per heavy atom. The lowest BCUT2D eigenvalue weighted by Crippen LogP contribution is -2.34. The lowest BCUT2D eigenvalue weighted by molar-refractivity contribution is 0.201. The summed E-state index contributed by atoms with van der Waals surface area (Å²) in [6.45, 7) is 2.23. The molecule has 0 saturated heterocycles. The van der Waals surface area contributed by atoms with Crippen LogP contribution in [0.3, 0.4) is 0 Å². The summed E-state index contributed by atoms with van der Waals surface area (Å²) in [6, 6.07) is -0.461. The smallest absolute Gasteiger partial charge is 0.339 e. The third kappa shape index (κ3) is 2.43. The maximum Gasteiger partial charge on any atom is 0.340 e. The van der Waals surface area contributed by atoms with Crippen molar-refractivity contribution < 1.29 is 4.79 Å². The fourth-order valence-electron chi connectivity index (χ4n) is 0.520. The summed E-state index contributed by atoms with van der Waals surface area (Å²) >= 11 is 0. The maximum absolute atomic E-state index is 10.7. The van der Waals surface area contributed by atoms with Crippen LogP contribution >= 0.6 is 0 Å². The highest BCUT2D eigenvalue weighted by atomic mass is 16.3. The van der Waals surface area contributed by atoms with Gasteiger partial charge in [0.05, 0.1) is 5.29 Å². The summed E-state index contributed by atoms with van der Waals surface area (Å²) in [6.07, 6.45) is 0.721. The summed E-state index contributed by atoms with van der Waals surface area (Å²) in [4.78, 5) is 20.6. The van der Waals surface area contributed by atoms with Crippen molar-refractivity contribution in [3.05, 3.63) is 4.91 Å². The molecule has 1 N–H and O–H groups in total. The highest BCUT2D eigenvalue weighted by Gasteiger charge is 2.08. The van der Waals surface area contributed by atoms with Crippen molar-refractivity contribution in [2.45, 2.75) is 13.3 Å². The van der Waals surface area contributed by atoms with Gasteiger partial charge in [0.2, 0.25) is 0 Å². The highest BCUT2D eigenvalue weighted by Crippen LogP contribution is 1.91. The molecule has 5 nitrogen and oxygen atoms in total. The number of rotatable bonds is 3. The van der Waals surface area contributed by atoms with E-state index in [1.807, 2.05) is 6.92 Å². The Hall–Kier alpha value is -1.13. The van der Waals surface area contributed by atoms with E-state index in [4.69, 9.17) is 0 Å². The van der Waals surface area contributed by atoms with E-state index in [0.29, 0.717) is 6.54 Å². The van der Waals surface area contributed by atoms with Gasteiger partial charge in [-0.25, -0.2) is 4.79 Å². The van der Waals surface area contributed by atoms with Crippen LogP contribution in [0.2, 0.25) is 0 Å². The van der Waals surface area contributed by atoms with E-state index in [-0.39, 0.29) is 0 Å². The van der Waals surface area contributed by atoms with Crippen LogP contribution in [0.1, 0.15) is 13.3 Å². The molecule has 2 amide bonds. The first-order chi connectivity index (χ1) is 4.76. The van der Waals surface area contributed by atoms with Crippen LogP contribution in [0.25, 0.3) is 0 Å². The fourth-order valence-corrected chi connectivity index (χ4v) is 0.520. The second-order valence-electron chi connectivity index (χ2n) is 1.76. The van der Waals surface area contributed by atoms with Gasteiger partial charge in [0, 0.05) is 13.6 Å². The Morgan fingerprint density at radius 1 is 1.70 bits per heavy atom. The van der Waals surface area contributed by atoms with Gasteiger partial charge in [-0.2, -0.15) is 5.01 Å². The average molecular weight is 145 g/mol. The second-order valence-corrected chi connectivity index (χ2v) is 1.76. The molecule has 10 heavy (non-hydrogen) atoms. The number of carbonyl (C=O) groups excluding carboxylic acids is 1. The van der Waals surface area contributed by atoms with E-state index in [1.54, 1.807) is 0 Å². The predicted molar refractivity (Wildman–Crippen MR) is 37.2 cm³/mol. The Morgan fingerprint density at radius 2 is 2.30 bits per heavy atom. The molecule has 58 valence electrons. The monoisotopic (exact) mass is 145 g/mol. The standard InChI is InChI=1S/C5H11N3O2/c1-3-4-8(7-10)5(9)6-2/h3-4H2,1-2H3,(H,6,9). The van der Waals surface area contributed by atoms with Gasteiger partial charge < -0.3 is 5.32 Å². The summed E-state index contributed by atoms with van der Waals surface area (Å²) in [7, 11) is 1.45. The minimum absolute atomic E-state index is 0.364. The molecule has 0 aliphatic carbocycles. The molecule has 0 aromatic heterocycles. The van der Waals surface area contributed by atoms with Gasteiger partial charge in [-0.05, 0) is 6.42 Å².